The van der Waals surface area contributed by atoms with Gasteiger partial charge in [-0.15, -0.1) is 0 Å². The molecule has 1 aliphatic heterocycles. The van der Waals surface area contributed by atoms with Crippen molar-refractivity contribution in [1.29, 1.82) is 0 Å². The van der Waals surface area contributed by atoms with E-state index in [2.05, 4.69) is 0 Å². The molecule has 130 valence electrons. The number of ether oxygens (including phenoxy) is 1. The van der Waals surface area contributed by atoms with Crippen molar-refractivity contribution < 1.29 is 19.4 Å². The van der Waals surface area contributed by atoms with Crippen molar-refractivity contribution in [2.75, 3.05) is 11.4 Å². The van der Waals surface area contributed by atoms with Crippen LogP contribution in [0.5, 0.6) is 5.75 Å². The maximum Gasteiger partial charge on any atom is 0.227 e. The normalized spacial score (nSPS) is 17.0. The van der Waals surface area contributed by atoms with Crippen molar-refractivity contribution >= 4 is 40.8 Å². The van der Waals surface area contributed by atoms with Gasteiger partial charge < -0.3 is 19.5 Å². The Hall–Kier alpha value is -2.24. The van der Waals surface area contributed by atoms with Crippen LogP contribution in [-0.4, -0.2) is 18.4 Å². The van der Waals surface area contributed by atoms with Gasteiger partial charge in [-0.2, -0.15) is 0 Å². The van der Waals surface area contributed by atoms with Gasteiger partial charge in [0.2, 0.25) is 5.91 Å². The van der Waals surface area contributed by atoms with E-state index in [9.17, 15) is 14.7 Å². The summed E-state index contributed by atoms with van der Waals surface area (Å²) in [5.74, 6) is -1.62. The Morgan fingerprint density at radius 2 is 1.80 bits per heavy atom. The molecule has 25 heavy (non-hydrogen) atoms. The van der Waals surface area contributed by atoms with Crippen molar-refractivity contribution in [3.8, 4) is 5.75 Å². The molecule has 0 bridgehead atoms. The van der Waals surface area contributed by atoms with Crippen LogP contribution in [0.1, 0.15) is 12.0 Å². The van der Waals surface area contributed by atoms with Crippen LogP contribution in [0.2, 0.25) is 10.0 Å². The average molecular weight is 379 g/mol. The first kappa shape index (κ1) is 17.6. The standard InChI is InChI=1S/C18H15Cl2NO4/c19-15-2-1-3-16(20)14(15)10-25-13-6-4-12(5-7-13)21-9-11(18(23)24)8-17(21)22/h1-7,11H,8-10H2,(H,23,24)/p-1/t11-/m0/s1. The van der Waals surface area contributed by atoms with Gasteiger partial charge in [-0.05, 0) is 36.4 Å². The molecule has 5 nitrogen and oxygen atoms in total. The van der Waals surface area contributed by atoms with E-state index < -0.39 is 11.9 Å². The number of hydrogen-bond acceptors (Lipinski definition) is 4. The third-order valence-electron chi connectivity index (χ3n) is 4.05. The molecule has 0 radical (unpaired) electrons. The zero-order valence-corrected chi connectivity index (χ0v) is 14.6. The molecule has 0 aliphatic carbocycles. The van der Waals surface area contributed by atoms with Crippen LogP contribution in [0.4, 0.5) is 5.69 Å². The Labute approximate surface area is 154 Å². The molecule has 0 N–H and O–H groups in total. The highest BCUT2D eigenvalue weighted by Crippen LogP contribution is 2.28. The number of carboxylic acid groups (broad SMARTS) is 1. The molecular weight excluding hydrogens is 365 g/mol. The number of rotatable bonds is 5. The molecule has 0 saturated carbocycles. The Bertz CT molecular complexity index is 787. The first-order valence-corrected chi connectivity index (χ1v) is 8.38. The number of anilines is 1. The summed E-state index contributed by atoms with van der Waals surface area (Å²) in [6.07, 6.45) is -0.0361. The summed E-state index contributed by atoms with van der Waals surface area (Å²) in [4.78, 5) is 24.3. The predicted octanol–water partition coefficient (Wildman–Crippen LogP) is 2.68. The van der Waals surface area contributed by atoms with E-state index in [1.807, 2.05) is 0 Å². The van der Waals surface area contributed by atoms with Gasteiger partial charge in [0.15, 0.2) is 0 Å². The van der Waals surface area contributed by atoms with E-state index in [0.717, 1.165) is 0 Å². The highest BCUT2D eigenvalue weighted by atomic mass is 35.5. The Kier molecular flexibility index (Phi) is 5.16. The minimum absolute atomic E-state index is 0.0361. The first-order valence-electron chi connectivity index (χ1n) is 7.62. The molecule has 1 atom stereocenters. The van der Waals surface area contributed by atoms with Crippen LogP contribution in [-0.2, 0) is 16.2 Å². The smallest absolute Gasteiger partial charge is 0.227 e. The van der Waals surface area contributed by atoms with Gasteiger partial charge in [0.25, 0.3) is 0 Å². The number of amides is 1. The fourth-order valence-corrected chi connectivity index (χ4v) is 3.17. The third kappa shape index (κ3) is 3.89. The number of aliphatic carboxylic acids is 1. The van der Waals surface area contributed by atoms with Crippen LogP contribution in [0.3, 0.4) is 0 Å². The van der Waals surface area contributed by atoms with Gasteiger partial charge in [0.1, 0.15) is 12.4 Å². The fraction of sp³-hybridized carbons (Fsp3) is 0.222. The third-order valence-corrected chi connectivity index (χ3v) is 4.76. The van der Waals surface area contributed by atoms with E-state index >= 15 is 0 Å². The van der Waals surface area contributed by atoms with Gasteiger partial charge in [0, 0.05) is 46.1 Å². The minimum atomic E-state index is -1.20. The summed E-state index contributed by atoms with van der Waals surface area (Å²) in [6, 6.07) is 12.1. The number of carbonyl (C=O) groups excluding carboxylic acids is 2. The second kappa shape index (κ2) is 7.33. The lowest BCUT2D eigenvalue weighted by molar-refractivity contribution is -0.310. The molecule has 1 amide bonds. The average Bonchev–Trinajstić information content (AvgIpc) is 2.97. The molecule has 1 saturated heterocycles. The van der Waals surface area contributed by atoms with Gasteiger partial charge in [-0.3, -0.25) is 4.79 Å². The molecule has 2 aromatic carbocycles. The monoisotopic (exact) mass is 378 g/mol. The van der Waals surface area contributed by atoms with Gasteiger partial charge in [-0.1, -0.05) is 29.3 Å². The molecule has 1 heterocycles. The van der Waals surface area contributed by atoms with Crippen LogP contribution >= 0.6 is 23.2 Å². The maximum atomic E-state index is 11.9. The van der Waals surface area contributed by atoms with Gasteiger partial charge in [-0.25, -0.2) is 0 Å². The van der Waals surface area contributed by atoms with E-state index in [0.29, 0.717) is 27.0 Å². The molecular formula is C18H14Cl2NO4-. The van der Waals surface area contributed by atoms with Crippen molar-refractivity contribution in [1.82, 2.24) is 0 Å². The number of carbonyl (C=O) groups is 2. The minimum Gasteiger partial charge on any atom is -0.550 e. The van der Waals surface area contributed by atoms with E-state index in [1.165, 1.54) is 4.90 Å². The SMILES string of the molecule is O=C([O-])[C@H]1CC(=O)N(c2ccc(OCc3c(Cl)cccc3Cl)cc2)C1. The number of nitrogens with zero attached hydrogens (tertiary/aromatic N) is 1. The largest absolute Gasteiger partial charge is 0.550 e. The number of benzene rings is 2. The topological polar surface area (TPSA) is 69.7 Å². The Morgan fingerprint density at radius 1 is 1.16 bits per heavy atom. The number of hydrogen-bond donors (Lipinski definition) is 0. The highest BCUT2D eigenvalue weighted by Gasteiger charge is 2.31. The summed E-state index contributed by atoms with van der Waals surface area (Å²) < 4.78 is 5.68. The lowest BCUT2D eigenvalue weighted by Crippen LogP contribution is -2.33. The van der Waals surface area contributed by atoms with Crippen LogP contribution in [0, 0.1) is 5.92 Å². The van der Waals surface area contributed by atoms with E-state index in [1.54, 1.807) is 42.5 Å². The van der Waals surface area contributed by atoms with Crippen molar-refractivity contribution in [3.63, 3.8) is 0 Å². The Balaban J connectivity index is 1.67. The summed E-state index contributed by atoms with van der Waals surface area (Å²) >= 11 is 12.2. The van der Waals surface area contributed by atoms with Gasteiger partial charge >= 0.3 is 0 Å². The van der Waals surface area contributed by atoms with Crippen molar-refractivity contribution in [3.05, 3.63) is 58.1 Å². The lowest BCUT2D eigenvalue weighted by Gasteiger charge is -2.17. The second-order valence-corrected chi connectivity index (χ2v) is 6.52. The summed E-state index contributed by atoms with van der Waals surface area (Å²) in [7, 11) is 0. The Morgan fingerprint density at radius 3 is 2.36 bits per heavy atom. The second-order valence-electron chi connectivity index (χ2n) is 5.71. The quantitative estimate of drug-likeness (QED) is 0.801. The van der Waals surface area contributed by atoms with Crippen molar-refractivity contribution in [2.45, 2.75) is 13.0 Å². The van der Waals surface area contributed by atoms with E-state index in [4.69, 9.17) is 27.9 Å². The molecule has 0 aromatic heterocycles. The summed E-state index contributed by atoms with van der Waals surface area (Å²) in [5, 5.41) is 12.0. The number of carboxylic acids is 1. The molecule has 2 aromatic rings. The molecule has 3 rings (SSSR count). The van der Waals surface area contributed by atoms with Crippen LogP contribution < -0.4 is 14.7 Å². The van der Waals surface area contributed by atoms with Gasteiger partial charge in [0.05, 0.1) is 0 Å². The fourth-order valence-electron chi connectivity index (χ4n) is 2.66. The lowest BCUT2D eigenvalue weighted by atomic mass is 10.1. The predicted molar refractivity (Wildman–Crippen MR) is 92.7 cm³/mol. The highest BCUT2D eigenvalue weighted by molar-refractivity contribution is 6.35. The van der Waals surface area contributed by atoms with Crippen LogP contribution in [0.15, 0.2) is 42.5 Å². The zero-order valence-electron chi connectivity index (χ0n) is 13.1. The molecule has 0 spiro atoms. The molecule has 1 aliphatic rings. The van der Waals surface area contributed by atoms with Crippen molar-refractivity contribution in [2.24, 2.45) is 5.92 Å². The molecule has 7 heteroatoms. The molecule has 1 fully saturated rings. The number of halogens is 2. The summed E-state index contributed by atoms with van der Waals surface area (Å²) in [6.45, 7) is 0.337. The zero-order chi connectivity index (χ0) is 18.0. The maximum absolute atomic E-state index is 11.9. The summed E-state index contributed by atoms with van der Waals surface area (Å²) in [5.41, 5.74) is 1.32. The molecule has 0 unspecified atom stereocenters. The van der Waals surface area contributed by atoms with Crippen LogP contribution in [0.25, 0.3) is 0 Å². The van der Waals surface area contributed by atoms with E-state index in [-0.39, 0.29) is 25.5 Å². The first-order chi connectivity index (χ1) is 12.0.